The first kappa shape index (κ1) is 22.8. The zero-order chi connectivity index (χ0) is 23.4. The fourth-order valence-corrected chi connectivity index (χ4v) is 3.94. The number of rotatable bonds is 6. The normalized spacial score (nSPS) is 16.2. The number of carbonyl (C=O) groups excluding carboxylic acids is 2. The summed E-state index contributed by atoms with van der Waals surface area (Å²) >= 11 is 0. The molecule has 172 valence electrons. The first-order valence-electron chi connectivity index (χ1n) is 11.1. The van der Waals surface area contributed by atoms with E-state index < -0.39 is 0 Å². The zero-order valence-corrected chi connectivity index (χ0v) is 18.8. The Bertz CT molecular complexity index is 1140. The maximum absolute atomic E-state index is 13.3. The SMILES string of the molecule is CC(C)CN(CC1CN(C(=O)c2cnc3ccccc3n2)CCO1)C(=O)c1ccc(F)cc1. The van der Waals surface area contributed by atoms with Gasteiger partial charge < -0.3 is 14.5 Å². The van der Waals surface area contributed by atoms with E-state index in [0.717, 1.165) is 5.52 Å². The second kappa shape index (κ2) is 10.0. The van der Waals surface area contributed by atoms with Gasteiger partial charge in [-0.3, -0.25) is 14.6 Å². The van der Waals surface area contributed by atoms with Gasteiger partial charge in [0.15, 0.2) is 0 Å². The van der Waals surface area contributed by atoms with E-state index in [1.54, 1.807) is 9.80 Å². The topological polar surface area (TPSA) is 75.6 Å². The molecular formula is C25H27FN4O3. The van der Waals surface area contributed by atoms with E-state index in [2.05, 4.69) is 9.97 Å². The molecule has 1 unspecified atom stereocenters. The summed E-state index contributed by atoms with van der Waals surface area (Å²) in [6.45, 7) is 6.08. The lowest BCUT2D eigenvalue weighted by Crippen LogP contribution is -2.51. The number of amides is 2. The number of hydrogen-bond acceptors (Lipinski definition) is 5. The first-order chi connectivity index (χ1) is 15.9. The van der Waals surface area contributed by atoms with Crippen molar-refractivity contribution in [1.82, 2.24) is 19.8 Å². The number of benzene rings is 2. The molecule has 1 aliphatic heterocycles. The van der Waals surface area contributed by atoms with E-state index >= 15 is 0 Å². The minimum Gasteiger partial charge on any atom is -0.373 e. The maximum Gasteiger partial charge on any atom is 0.274 e. The molecule has 1 atom stereocenters. The lowest BCUT2D eigenvalue weighted by Gasteiger charge is -2.36. The molecule has 1 aromatic heterocycles. The van der Waals surface area contributed by atoms with Gasteiger partial charge in [0, 0.05) is 31.7 Å². The molecule has 2 heterocycles. The van der Waals surface area contributed by atoms with Crippen LogP contribution in [0.3, 0.4) is 0 Å². The van der Waals surface area contributed by atoms with Gasteiger partial charge in [0.25, 0.3) is 11.8 Å². The van der Waals surface area contributed by atoms with Crippen LogP contribution in [-0.4, -0.2) is 70.5 Å². The monoisotopic (exact) mass is 450 g/mol. The molecule has 0 N–H and O–H groups in total. The summed E-state index contributed by atoms with van der Waals surface area (Å²) in [6.07, 6.45) is 1.16. The highest BCUT2D eigenvalue weighted by molar-refractivity contribution is 5.95. The van der Waals surface area contributed by atoms with Gasteiger partial charge in [-0.1, -0.05) is 26.0 Å². The number of hydrogen-bond donors (Lipinski definition) is 0. The molecular weight excluding hydrogens is 423 g/mol. The molecule has 0 saturated carbocycles. The van der Waals surface area contributed by atoms with Crippen LogP contribution >= 0.6 is 0 Å². The van der Waals surface area contributed by atoms with E-state index in [0.29, 0.717) is 43.9 Å². The summed E-state index contributed by atoms with van der Waals surface area (Å²) in [5.74, 6) is -0.537. The Morgan fingerprint density at radius 3 is 2.61 bits per heavy atom. The Morgan fingerprint density at radius 1 is 1.15 bits per heavy atom. The third kappa shape index (κ3) is 5.51. The van der Waals surface area contributed by atoms with Crippen LogP contribution in [0.5, 0.6) is 0 Å². The Morgan fingerprint density at radius 2 is 1.88 bits per heavy atom. The number of carbonyl (C=O) groups is 2. The average molecular weight is 451 g/mol. The number of morpholine rings is 1. The van der Waals surface area contributed by atoms with Crippen molar-refractivity contribution in [2.75, 3.05) is 32.8 Å². The van der Waals surface area contributed by atoms with Crippen molar-refractivity contribution in [3.8, 4) is 0 Å². The minimum absolute atomic E-state index is 0.184. The van der Waals surface area contributed by atoms with Crippen LogP contribution in [0.1, 0.15) is 34.7 Å². The van der Waals surface area contributed by atoms with Crippen LogP contribution in [0.25, 0.3) is 11.0 Å². The van der Waals surface area contributed by atoms with Crippen molar-refractivity contribution < 1.29 is 18.7 Å². The standard InChI is InChI=1S/C25H27FN4O3/c1-17(2)14-30(24(31)18-7-9-19(26)10-8-18)16-20-15-29(11-12-33-20)25(32)23-13-27-21-5-3-4-6-22(21)28-23/h3-10,13,17,20H,11-12,14-16H2,1-2H3. The summed E-state index contributed by atoms with van der Waals surface area (Å²) in [5.41, 5.74) is 2.11. The van der Waals surface area contributed by atoms with Crippen LogP contribution in [-0.2, 0) is 4.74 Å². The largest absolute Gasteiger partial charge is 0.373 e. The van der Waals surface area contributed by atoms with Crippen molar-refractivity contribution in [2.24, 2.45) is 5.92 Å². The molecule has 0 aliphatic carbocycles. The number of fused-ring (bicyclic) bond motifs is 1. The first-order valence-corrected chi connectivity index (χ1v) is 11.1. The van der Waals surface area contributed by atoms with Crippen molar-refractivity contribution in [3.63, 3.8) is 0 Å². The molecule has 2 aromatic carbocycles. The molecule has 0 bridgehead atoms. The van der Waals surface area contributed by atoms with Gasteiger partial charge in [-0.15, -0.1) is 0 Å². The number of halogens is 1. The summed E-state index contributed by atoms with van der Waals surface area (Å²) in [7, 11) is 0. The second-order valence-electron chi connectivity index (χ2n) is 8.60. The predicted molar refractivity (Wildman–Crippen MR) is 122 cm³/mol. The predicted octanol–water partition coefficient (Wildman–Crippen LogP) is 3.41. The summed E-state index contributed by atoms with van der Waals surface area (Å²) < 4.78 is 19.2. The average Bonchev–Trinajstić information content (AvgIpc) is 2.83. The molecule has 1 fully saturated rings. The van der Waals surface area contributed by atoms with Gasteiger partial charge in [-0.05, 0) is 42.3 Å². The fourth-order valence-electron chi connectivity index (χ4n) is 3.94. The van der Waals surface area contributed by atoms with Crippen molar-refractivity contribution in [3.05, 3.63) is 71.8 Å². The Hall–Kier alpha value is -3.39. The van der Waals surface area contributed by atoms with E-state index in [4.69, 9.17) is 4.74 Å². The Labute approximate surface area is 192 Å². The van der Waals surface area contributed by atoms with Crippen LogP contribution in [0.4, 0.5) is 4.39 Å². The summed E-state index contributed by atoms with van der Waals surface area (Å²) in [5, 5.41) is 0. The van der Waals surface area contributed by atoms with Crippen LogP contribution in [0.2, 0.25) is 0 Å². The highest BCUT2D eigenvalue weighted by Gasteiger charge is 2.29. The van der Waals surface area contributed by atoms with E-state index in [1.807, 2.05) is 38.1 Å². The van der Waals surface area contributed by atoms with E-state index in [-0.39, 0.29) is 35.3 Å². The van der Waals surface area contributed by atoms with Crippen molar-refractivity contribution >= 4 is 22.8 Å². The number of ether oxygens (including phenoxy) is 1. The molecule has 8 heteroatoms. The highest BCUT2D eigenvalue weighted by Crippen LogP contribution is 2.16. The van der Waals surface area contributed by atoms with Gasteiger partial charge in [-0.2, -0.15) is 0 Å². The van der Waals surface area contributed by atoms with Crippen molar-refractivity contribution in [1.29, 1.82) is 0 Å². The maximum atomic E-state index is 13.3. The van der Waals surface area contributed by atoms with Gasteiger partial charge in [-0.25, -0.2) is 9.37 Å². The fraction of sp³-hybridized carbons (Fsp3) is 0.360. The molecule has 0 radical (unpaired) electrons. The van der Waals surface area contributed by atoms with Gasteiger partial charge >= 0.3 is 0 Å². The molecule has 4 rings (SSSR count). The summed E-state index contributed by atoms with van der Waals surface area (Å²) in [4.78, 5) is 38.4. The summed E-state index contributed by atoms with van der Waals surface area (Å²) in [6, 6.07) is 12.9. The zero-order valence-electron chi connectivity index (χ0n) is 18.8. The molecule has 3 aromatic rings. The molecule has 1 saturated heterocycles. The molecule has 33 heavy (non-hydrogen) atoms. The molecule has 1 aliphatic rings. The van der Waals surface area contributed by atoms with Gasteiger partial charge in [0.1, 0.15) is 11.5 Å². The number of nitrogens with zero attached hydrogens (tertiary/aromatic N) is 4. The molecule has 7 nitrogen and oxygen atoms in total. The van der Waals surface area contributed by atoms with Crippen LogP contribution in [0.15, 0.2) is 54.7 Å². The molecule has 2 amide bonds. The van der Waals surface area contributed by atoms with Gasteiger partial charge in [0.2, 0.25) is 0 Å². The highest BCUT2D eigenvalue weighted by atomic mass is 19.1. The lowest BCUT2D eigenvalue weighted by molar-refractivity contribution is -0.0341. The van der Waals surface area contributed by atoms with Crippen LogP contribution < -0.4 is 0 Å². The third-order valence-electron chi connectivity index (χ3n) is 5.48. The number of aromatic nitrogens is 2. The third-order valence-corrected chi connectivity index (χ3v) is 5.48. The Balaban J connectivity index is 1.46. The minimum atomic E-state index is -0.386. The van der Waals surface area contributed by atoms with Gasteiger partial charge in [0.05, 0.1) is 29.9 Å². The second-order valence-corrected chi connectivity index (χ2v) is 8.60. The van der Waals surface area contributed by atoms with E-state index in [9.17, 15) is 14.0 Å². The van der Waals surface area contributed by atoms with Crippen LogP contribution in [0, 0.1) is 11.7 Å². The Kier molecular flexibility index (Phi) is 6.93. The number of para-hydroxylation sites is 2. The molecule has 0 spiro atoms. The smallest absolute Gasteiger partial charge is 0.274 e. The quantitative estimate of drug-likeness (QED) is 0.575. The lowest BCUT2D eigenvalue weighted by atomic mass is 10.1. The van der Waals surface area contributed by atoms with Crippen molar-refractivity contribution in [2.45, 2.75) is 20.0 Å². The van der Waals surface area contributed by atoms with E-state index in [1.165, 1.54) is 30.5 Å².